The number of ether oxygens (including phenoxy) is 1. The molecular weight excluding hydrogens is 346 g/mol. The average molecular weight is 372 g/mol. The molecule has 0 aliphatic rings. The van der Waals surface area contributed by atoms with Gasteiger partial charge in [-0.1, -0.05) is 60.3 Å². The number of nitriles is 1. The molecule has 1 heterocycles. The molecule has 0 fully saturated rings. The van der Waals surface area contributed by atoms with Crippen LogP contribution in [-0.2, 0) is 9.53 Å². The molecule has 1 aromatic heterocycles. The predicted octanol–water partition coefficient (Wildman–Crippen LogP) is 3.39. The summed E-state index contributed by atoms with van der Waals surface area (Å²) in [5.74, 6) is -0.200. The van der Waals surface area contributed by atoms with Crippen molar-refractivity contribution in [2.75, 3.05) is 6.61 Å². The topological polar surface area (TPSA) is 50.1 Å². The van der Waals surface area contributed by atoms with Crippen molar-refractivity contribution in [1.29, 1.82) is 5.26 Å². The summed E-state index contributed by atoms with van der Waals surface area (Å²) in [6, 6.07) is 14.3. The lowest BCUT2D eigenvalue weighted by Crippen LogP contribution is -2.41. The first-order valence-corrected chi connectivity index (χ1v) is 11.6. The Morgan fingerprint density at radius 2 is 1.88 bits per heavy atom. The lowest BCUT2D eigenvalue weighted by atomic mass is 10.2. The van der Waals surface area contributed by atoms with Gasteiger partial charge in [0.2, 0.25) is 0 Å². The van der Waals surface area contributed by atoms with Crippen molar-refractivity contribution in [3.8, 4) is 6.07 Å². The Morgan fingerprint density at radius 3 is 2.56 bits per heavy atom. The van der Waals surface area contributed by atoms with Crippen LogP contribution in [0.5, 0.6) is 0 Å². The van der Waals surface area contributed by atoms with Gasteiger partial charge in [0.15, 0.2) is 0 Å². The third-order valence-electron chi connectivity index (χ3n) is 4.30. The molecular formula is C20H25NO2SSi. The molecule has 0 saturated heterocycles. The van der Waals surface area contributed by atoms with Crippen molar-refractivity contribution in [2.45, 2.75) is 45.6 Å². The zero-order chi connectivity index (χ0) is 18.1. The van der Waals surface area contributed by atoms with Gasteiger partial charge >= 0.3 is 5.97 Å². The maximum atomic E-state index is 10.8. The normalized spacial score (nSPS) is 11.7. The minimum absolute atomic E-state index is 0.200. The van der Waals surface area contributed by atoms with Crippen molar-refractivity contribution in [1.82, 2.24) is 0 Å². The zero-order valence-electron chi connectivity index (χ0n) is 15.0. The largest absolute Gasteiger partial charge is 0.466 e. The van der Waals surface area contributed by atoms with Crippen LogP contribution >= 0.6 is 11.3 Å². The van der Waals surface area contributed by atoms with Crippen LogP contribution in [0.25, 0.3) is 0 Å². The van der Waals surface area contributed by atoms with Crippen molar-refractivity contribution in [2.24, 2.45) is 0 Å². The number of aryl methyl sites for hydroxylation is 1. The Morgan fingerprint density at radius 1 is 1.16 bits per heavy atom. The summed E-state index contributed by atoms with van der Waals surface area (Å²) in [5.41, 5.74) is 2.13. The van der Waals surface area contributed by atoms with E-state index in [1.807, 2.05) is 11.4 Å². The average Bonchev–Trinajstić information content (AvgIpc) is 3.06. The third kappa shape index (κ3) is 6.15. The van der Waals surface area contributed by atoms with E-state index in [0.29, 0.717) is 6.61 Å². The maximum absolute atomic E-state index is 10.8. The fraction of sp³-hybridized carbons (Fsp3) is 0.400. The number of unbranched alkanes of at least 4 members (excludes halogenated alkanes) is 3. The van der Waals surface area contributed by atoms with E-state index in [1.165, 1.54) is 28.2 Å². The van der Waals surface area contributed by atoms with Gasteiger partial charge in [-0.25, -0.2) is 0 Å². The van der Waals surface area contributed by atoms with Gasteiger partial charge < -0.3 is 4.74 Å². The van der Waals surface area contributed by atoms with Crippen LogP contribution in [-0.4, -0.2) is 21.4 Å². The van der Waals surface area contributed by atoms with E-state index in [0.717, 1.165) is 31.2 Å². The summed E-state index contributed by atoms with van der Waals surface area (Å²) < 4.78 is 6.29. The fourth-order valence-corrected chi connectivity index (χ4v) is 7.99. The smallest absolute Gasteiger partial charge is 0.302 e. The fourth-order valence-electron chi connectivity index (χ4n) is 2.95. The third-order valence-corrected chi connectivity index (χ3v) is 9.43. The molecule has 0 aliphatic carbocycles. The number of hydrogen-bond donors (Lipinski definition) is 0. The van der Waals surface area contributed by atoms with Crippen LogP contribution in [0.3, 0.4) is 0 Å². The number of esters is 1. The van der Waals surface area contributed by atoms with Gasteiger partial charge in [0, 0.05) is 11.4 Å². The second kappa shape index (κ2) is 10.2. The van der Waals surface area contributed by atoms with Crippen molar-refractivity contribution >= 4 is 35.8 Å². The van der Waals surface area contributed by atoms with E-state index < -0.39 is 8.80 Å². The quantitative estimate of drug-likeness (QED) is 0.386. The highest BCUT2D eigenvalue weighted by molar-refractivity contribution is 7.24. The van der Waals surface area contributed by atoms with Gasteiger partial charge in [-0.3, -0.25) is 4.79 Å². The summed E-state index contributed by atoms with van der Waals surface area (Å²) in [5, 5.41) is 12.9. The molecule has 0 saturated carbocycles. The number of hydrogen-bond acceptors (Lipinski definition) is 4. The molecule has 0 bridgehead atoms. The molecule has 0 N–H and O–H groups in total. The van der Waals surface area contributed by atoms with E-state index in [4.69, 9.17) is 4.74 Å². The predicted molar refractivity (Wildman–Crippen MR) is 107 cm³/mol. The van der Waals surface area contributed by atoms with Crippen LogP contribution in [0.4, 0.5) is 0 Å². The molecule has 0 amide bonds. The van der Waals surface area contributed by atoms with Gasteiger partial charge in [0.1, 0.15) is 8.80 Å². The summed E-state index contributed by atoms with van der Waals surface area (Å²) in [7, 11) is -1.34. The molecule has 1 aromatic carbocycles. The molecule has 1 unspecified atom stereocenters. The lowest BCUT2D eigenvalue weighted by Gasteiger charge is -2.15. The van der Waals surface area contributed by atoms with Crippen molar-refractivity contribution in [3.05, 3.63) is 46.8 Å². The van der Waals surface area contributed by atoms with Gasteiger partial charge in [-0.15, -0.1) is 0 Å². The Kier molecular flexibility index (Phi) is 7.90. The standard InChI is InChI=1S/C20H25NO2SSi/c1-16-7-9-19(10-8-16)25(20-18(15-21)11-13-24-20)14-6-4-3-5-12-23-17(2)22/h7-11,13,25H,3-6,12,14H2,1-2H3. The van der Waals surface area contributed by atoms with Gasteiger partial charge in [-0.05, 0) is 24.8 Å². The van der Waals surface area contributed by atoms with Gasteiger partial charge in [0.05, 0.1) is 18.2 Å². The molecule has 0 spiro atoms. The van der Waals surface area contributed by atoms with E-state index in [-0.39, 0.29) is 5.97 Å². The molecule has 2 aromatic rings. The molecule has 1 atom stereocenters. The van der Waals surface area contributed by atoms with Crippen LogP contribution in [0.2, 0.25) is 6.04 Å². The van der Waals surface area contributed by atoms with E-state index in [2.05, 4.69) is 37.3 Å². The number of nitrogens with zero attached hydrogens (tertiary/aromatic N) is 1. The Bertz CT molecular complexity index is 718. The molecule has 25 heavy (non-hydrogen) atoms. The molecule has 3 nitrogen and oxygen atoms in total. The Balaban J connectivity index is 1.95. The van der Waals surface area contributed by atoms with Gasteiger partial charge in [0.25, 0.3) is 0 Å². The van der Waals surface area contributed by atoms with Crippen LogP contribution < -0.4 is 9.69 Å². The molecule has 132 valence electrons. The van der Waals surface area contributed by atoms with Crippen LogP contribution in [0, 0.1) is 18.3 Å². The lowest BCUT2D eigenvalue weighted by molar-refractivity contribution is -0.141. The molecule has 5 heteroatoms. The first kappa shape index (κ1) is 19.4. The summed E-state index contributed by atoms with van der Waals surface area (Å²) >= 11 is 1.74. The first-order valence-electron chi connectivity index (χ1n) is 8.79. The van der Waals surface area contributed by atoms with Crippen molar-refractivity contribution in [3.63, 3.8) is 0 Å². The second-order valence-corrected chi connectivity index (χ2v) is 10.6. The summed E-state index contributed by atoms with van der Waals surface area (Å²) in [6.07, 6.45) is 4.31. The van der Waals surface area contributed by atoms with E-state index in [9.17, 15) is 10.1 Å². The molecule has 0 aliphatic heterocycles. The Labute approximate surface area is 155 Å². The number of carbonyl (C=O) groups is 1. The Hall–Kier alpha value is -1.90. The number of carbonyl (C=O) groups excluding carboxylic acids is 1. The number of benzene rings is 1. The highest BCUT2D eigenvalue weighted by atomic mass is 32.1. The van der Waals surface area contributed by atoms with Crippen LogP contribution in [0.1, 0.15) is 43.7 Å². The van der Waals surface area contributed by atoms with Crippen LogP contribution in [0.15, 0.2) is 35.7 Å². The maximum Gasteiger partial charge on any atom is 0.302 e. The molecule has 2 rings (SSSR count). The minimum atomic E-state index is -1.34. The monoisotopic (exact) mass is 371 g/mol. The minimum Gasteiger partial charge on any atom is -0.466 e. The van der Waals surface area contributed by atoms with E-state index >= 15 is 0 Å². The number of rotatable bonds is 9. The second-order valence-electron chi connectivity index (χ2n) is 6.32. The summed E-state index contributed by atoms with van der Waals surface area (Å²) in [6.45, 7) is 4.08. The summed E-state index contributed by atoms with van der Waals surface area (Å²) in [4.78, 5) is 10.8. The first-order chi connectivity index (χ1) is 12.1. The molecule has 0 radical (unpaired) electrons. The zero-order valence-corrected chi connectivity index (χ0v) is 16.9. The highest BCUT2D eigenvalue weighted by Gasteiger charge is 2.20. The van der Waals surface area contributed by atoms with E-state index in [1.54, 1.807) is 11.3 Å². The van der Waals surface area contributed by atoms with Gasteiger partial charge in [-0.2, -0.15) is 16.6 Å². The highest BCUT2D eigenvalue weighted by Crippen LogP contribution is 2.13. The van der Waals surface area contributed by atoms with Crippen molar-refractivity contribution < 1.29 is 9.53 Å². The SMILES string of the molecule is CC(=O)OCCCCCC[SiH](c1ccc(C)cc1)c1sccc1C#N. The number of thiophene rings is 1.